The third kappa shape index (κ3) is 8.70. The number of aliphatic hydroxyl groups excluding tert-OH is 1. The van der Waals surface area contributed by atoms with Crippen molar-refractivity contribution in [1.29, 1.82) is 0 Å². The van der Waals surface area contributed by atoms with Crippen LogP contribution in [0, 0.1) is 0 Å². The molecule has 3 atom stereocenters. The number of nitrogens with one attached hydrogen (secondary N) is 1. The third-order valence-corrected chi connectivity index (χ3v) is 5.60. The van der Waals surface area contributed by atoms with Gasteiger partial charge in [-0.05, 0) is 57.2 Å². The molecule has 35 heavy (non-hydrogen) atoms. The summed E-state index contributed by atoms with van der Waals surface area (Å²) in [5, 5.41) is 16.5. The Bertz CT molecular complexity index is 1160. The maximum Gasteiger partial charge on any atom is 0.434 e. The summed E-state index contributed by atoms with van der Waals surface area (Å²) in [5.41, 5.74) is 7.69. The van der Waals surface area contributed by atoms with Gasteiger partial charge in [0.25, 0.3) is 0 Å². The molecule has 0 aliphatic heterocycles. The van der Waals surface area contributed by atoms with E-state index < -0.39 is 23.6 Å². The number of para-hydroxylation sites is 2. The van der Waals surface area contributed by atoms with Gasteiger partial charge in [-0.1, -0.05) is 42.5 Å². The normalized spacial score (nSPS) is 14.1. The van der Waals surface area contributed by atoms with Crippen LogP contribution in [-0.4, -0.2) is 43.1 Å². The quantitative estimate of drug-likeness (QED) is 0.330. The molecule has 0 saturated carbocycles. The van der Waals surface area contributed by atoms with Crippen LogP contribution in [0.2, 0.25) is 0 Å². The first-order valence-electron chi connectivity index (χ1n) is 11.6. The molecule has 4 aromatic rings. The van der Waals surface area contributed by atoms with Gasteiger partial charge in [-0.15, -0.1) is 5.10 Å². The fourth-order valence-electron chi connectivity index (χ4n) is 3.67. The Balaban J connectivity index is 0.000000281. The topological polar surface area (TPSA) is 131 Å². The van der Waals surface area contributed by atoms with E-state index in [0.717, 1.165) is 16.6 Å². The summed E-state index contributed by atoms with van der Waals surface area (Å²) in [6.07, 6.45) is 3.99. The molecule has 3 unspecified atom stereocenters. The highest BCUT2D eigenvalue weighted by Crippen LogP contribution is 2.29. The number of aromatic nitrogens is 4. The highest BCUT2D eigenvalue weighted by Gasteiger charge is 2.27. The molecule has 2 heterocycles. The van der Waals surface area contributed by atoms with Gasteiger partial charge in [0.2, 0.25) is 5.89 Å². The highest BCUT2D eigenvalue weighted by atomic mass is 19.1. The maximum absolute atomic E-state index is 13.8. The Kier molecular flexibility index (Phi) is 9.22. The van der Waals surface area contributed by atoms with E-state index in [0.29, 0.717) is 12.8 Å². The second kappa shape index (κ2) is 12.3. The Morgan fingerprint density at radius 1 is 1.06 bits per heavy atom. The number of halogens is 1. The van der Waals surface area contributed by atoms with Gasteiger partial charge in [0.05, 0.1) is 17.1 Å². The zero-order valence-electron chi connectivity index (χ0n) is 20.0. The van der Waals surface area contributed by atoms with E-state index in [1.165, 1.54) is 13.8 Å². The Hall–Kier alpha value is -3.43. The van der Waals surface area contributed by atoms with Gasteiger partial charge >= 0.3 is 5.76 Å². The van der Waals surface area contributed by atoms with Crippen LogP contribution >= 0.6 is 0 Å². The number of rotatable bonds is 9. The molecular weight excluding hydrogens is 449 g/mol. The van der Waals surface area contributed by atoms with Crippen molar-refractivity contribution in [2.75, 3.05) is 0 Å². The SMILES string of the molecule is CC(C)(F)CCC(CC(O)C(N)Cc1ccccc1)c1n[nH]c(=O)o1.c1ccc2nccnc2c1. The van der Waals surface area contributed by atoms with Crippen LogP contribution in [0.4, 0.5) is 4.39 Å². The number of H-pyrrole nitrogens is 1. The van der Waals surface area contributed by atoms with Crippen LogP contribution in [0.3, 0.4) is 0 Å². The molecule has 186 valence electrons. The van der Waals surface area contributed by atoms with Crippen LogP contribution in [0.15, 0.2) is 76.2 Å². The summed E-state index contributed by atoms with van der Waals surface area (Å²) < 4.78 is 18.9. The molecule has 0 amide bonds. The molecule has 0 aliphatic carbocycles. The summed E-state index contributed by atoms with van der Waals surface area (Å²) in [6.45, 7) is 2.98. The summed E-state index contributed by atoms with van der Waals surface area (Å²) >= 11 is 0. The van der Waals surface area contributed by atoms with Gasteiger partial charge in [0.15, 0.2) is 0 Å². The molecular formula is C26H32FN5O3. The molecule has 0 bridgehead atoms. The Morgan fingerprint density at radius 2 is 1.66 bits per heavy atom. The van der Waals surface area contributed by atoms with Crippen LogP contribution in [0.5, 0.6) is 0 Å². The van der Waals surface area contributed by atoms with E-state index in [1.807, 2.05) is 54.6 Å². The lowest BCUT2D eigenvalue weighted by Crippen LogP contribution is -2.37. The minimum atomic E-state index is -1.36. The second-order valence-electron chi connectivity index (χ2n) is 9.11. The fourth-order valence-corrected chi connectivity index (χ4v) is 3.67. The first-order valence-corrected chi connectivity index (χ1v) is 11.6. The summed E-state index contributed by atoms with van der Waals surface area (Å²) in [5.74, 6) is -0.867. The predicted octanol–water partition coefficient (Wildman–Crippen LogP) is 3.93. The summed E-state index contributed by atoms with van der Waals surface area (Å²) in [6, 6.07) is 17.0. The predicted molar refractivity (Wildman–Crippen MR) is 133 cm³/mol. The van der Waals surface area contributed by atoms with Crippen LogP contribution in [0.1, 0.15) is 50.5 Å². The number of alkyl halides is 1. The number of hydrogen-bond acceptors (Lipinski definition) is 7. The number of aromatic amines is 1. The molecule has 2 aromatic carbocycles. The van der Waals surface area contributed by atoms with E-state index in [2.05, 4.69) is 20.2 Å². The third-order valence-electron chi connectivity index (χ3n) is 5.60. The lowest BCUT2D eigenvalue weighted by Gasteiger charge is -2.24. The van der Waals surface area contributed by atoms with E-state index in [4.69, 9.17) is 10.2 Å². The van der Waals surface area contributed by atoms with Crippen molar-refractivity contribution < 1.29 is 13.9 Å². The Morgan fingerprint density at radius 3 is 2.20 bits per heavy atom. The number of fused-ring (bicyclic) bond motifs is 1. The lowest BCUT2D eigenvalue weighted by molar-refractivity contribution is 0.114. The van der Waals surface area contributed by atoms with Gasteiger partial charge < -0.3 is 15.3 Å². The highest BCUT2D eigenvalue weighted by molar-refractivity contribution is 5.72. The van der Waals surface area contributed by atoms with Crippen molar-refractivity contribution >= 4 is 11.0 Å². The summed E-state index contributed by atoms with van der Waals surface area (Å²) in [7, 11) is 0. The fraction of sp³-hybridized carbons (Fsp3) is 0.385. The minimum absolute atomic E-state index is 0.181. The molecule has 9 heteroatoms. The first-order chi connectivity index (χ1) is 16.7. The molecule has 0 saturated heterocycles. The maximum atomic E-state index is 13.8. The monoisotopic (exact) mass is 481 g/mol. The molecule has 0 spiro atoms. The standard InChI is InChI=1S/C18H26FN3O3.C8H6N2/c1-18(2,19)9-8-13(16-21-22-17(24)25-16)11-15(23)14(20)10-12-6-4-3-5-7-12;1-2-4-8-7(3-1)9-5-6-10-8/h3-7,13-15,23H,8-11,20H2,1-2H3,(H,22,24);1-6H. The van der Waals surface area contributed by atoms with E-state index in [9.17, 15) is 14.3 Å². The van der Waals surface area contributed by atoms with E-state index >= 15 is 0 Å². The second-order valence-corrected chi connectivity index (χ2v) is 9.11. The number of nitrogens with two attached hydrogens (primary N) is 1. The zero-order valence-corrected chi connectivity index (χ0v) is 20.0. The molecule has 0 fully saturated rings. The van der Waals surface area contributed by atoms with Gasteiger partial charge in [-0.25, -0.2) is 14.3 Å². The van der Waals surface area contributed by atoms with E-state index in [1.54, 1.807) is 12.4 Å². The van der Waals surface area contributed by atoms with Crippen molar-refractivity contribution in [2.24, 2.45) is 5.73 Å². The number of aliphatic hydroxyl groups is 1. The van der Waals surface area contributed by atoms with Gasteiger partial charge in [0.1, 0.15) is 5.67 Å². The van der Waals surface area contributed by atoms with Crippen molar-refractivity contribution in [1.82, 2.24) is 20.2 Å². The van der Waals surface area contributed by atoms with Crippen molar-refractivity contribution in [3.8, 4) is 0 Å². The average Bonchev–Trinajstić information content (AvgIpc) is 3.28. The van der Waals surface area contributed by atoms with Gasteiger partial charge in [-0.3, -0.25) is 9.97 Å². The van der Waals surface area contributed by atoms with Crippen molar-refractivity contribution in [2.45, 2.75) is 63.3 Å². The summed E-state index contributed by atoms with van der Waals surface area (Å²) in [4.78, 5) is 19.4. The van der Waals surface area contributed by atoms with Crippen molar-refractivity contribution in [3.63, 3.8) is 0 Å². The molecule has 0 aliphatic rings. The lowest BCUT2D eigenvalue weighted by atomic mass is 9.88. The van der Waals surface area contributed by atoms with Gasteiger partial charge in [0, 0.05) is 24.4 Å². The number of hydrogen-bond donors (Lipinski definition) is 3. The number of nitrogens with zero attached hydrogens (tertiary/aromatic N) is 3. The molecule has 4 N–H and O–H groups in total. The molecule has 8 nitrogen and oxygen atoms in total. The van der Waals surface area contributed by atoms with Crippen molar-refractivity contribution in [3.05, 3.63) is 89.0 Å². The zero-order chi connectivity index (χ0) is 25.3. The largest absolute Gasteiger partial charge is 0.434 e. The number of benzene rings is 2. The Labute approximate surface area is 203 Å². The smallest absolute Gasteiger partial charge is 0.392 e. The van der Waals surface area contributed by atoms with Crippen LogP contribution < -0.4 is 11.5 Å². The molecule has 4 rings (SSSR count). The minimum Gasteiger partial charge on any atom is -0.392 e. The molecule has 2 aromatic heterocycles. The van der Waals surface area contributed by atoms with Crippen LogP contribution in [-0.2, 0) is 6.42 Å². The average molecular weight is 482 g/mol. The van der Waals surface area contributed by atoms with Crippen LogP contribution in [0.25, 0.3) is 11.0 Å². The molecule has 0 radical (unpaired) electrons. The first kappa shape index (κ1) is 26.2. The van der Waals surface area contributed by atoms with E-state index in [-0.39, 0.29) is 24.7 Å². The van der Waals surface area contributed by atoms with Gasteiger partial charge in [-0.2, -0.15) is 0 Å².